The molecule has 4 nitrogen and oxygen atoms in total. The van der Waals surface area contributed by atoms with Crippen LogP contribution in [0.25, 0.3) is 17.4 Å². The highest BCUT2D eigenvalue weighted by molar-refractivity contribution is 9.10. The van der Waals surface area contributed by atoms with Gasteiger partial charge in [0.2, 0.25) is 0 Å². The number of carbonyl (C=O) groups excluding carboxylic acids is 1. The third kappa shape index (κ3) is 4.41. The fraction of sp³-hybridized carbons (Fsp3) is 0.130. The van der Waals surface area contributed by atoms with Gasteiger partial charge in [0.15, 0.2) is 5.17 Å². The third-order valence-electron chi connectivity index (χ3n) is 4.67. The average molecular weight is 502 g/mol. The lowest BCUT2D eigenvalue weighted by molar-refractivity contribution is -0.115. The molecule has 0 atom stereocenters. The summed E-state index contributed by atoms with van der Waals surface area (Å²) in [6.07, 6.45) is 1.73. The first-order chi connectivity index (χ1) is 14.3. The van der Waals surface area contributed by atoms with Crippen LogP contribution in [0, 0.1) is 20.8 Å². The first-order valence-electron chi connectivity index (χ1n) is 9.23. The van der Waals surface area contributed by atoms with Crippen molar-refractivity contribution in [3.05, 3.63) is 79.3 Å². The first kappa shape index (κ1) is 21.0. The SMILES string of the molecule is Cc1ccc(Cl)cc1-c1ccc(/C=C2\SC(=Nc3cc(C)c(Br)c(C)c3)NC2=O)o1. The number of rotatable bonds is 3. The highest BCUT2D eigenvalue weighted by Gasteiger charge is 2.24. The largest absolute Gasteiger partial charge is 0.457 e. The Hall–Kier alpha value is -2.28. The Kier molecular flexibility index (Phi) is 5.91. The van der Waals surface area contributed by atoms with Gasteiger partial charge < -0.3 is 9.73 Å². The zero-order valence-corrected chi connectivity index (χ0v) is 19.7. The van der Waals surface area contributed by atoms with E-state index in [0.29, 0.717) is 26.6 Å². The molecule has 2 heterocycles. The average Bonchev–Trinajstić information content (AvgIpc) is 3.28. The number of amides is 1. The van der Waals surface area contributed by atoms with Crippen molar-refractivity contribution in [2.75, 3.05) is 0 Å². The molecule has 7 heteroatoms. The number of amidine groups is 1. The van der Waals surface area contributed by atoms with E-state index in [-0.39, 0.29) is 5.91 Å². The molecule has 1 aromatic heterocycles. The fourth-order valence-electron chi connectivity index (χ4n) is 3.15. The summed E-state index contributed by atoms with van der Waals surface area (Å²) in [6, 6.07) is 13.3. The number of nitrogens with zero attached hydrogens (tertiary/aromatic N) is 1. The maximum Gasteiger partial charge on any atom is 0.264 e. The van der Waals surface area contributed by atoms with Crippen LogP contribution in [0.4, 0.5) is 5.69 Å². The Balaban J connectivity index is 1.58. The van der Waals surface area contributed by atoms with Crippen LogP contribution in [0.3, 0.4) is 0 Å². The molecule has 1 aliphatic heterocycles. The van der Waals surface area contributed by atoms with Crippen molar-refractivity contribution in [3.8, 4) is 11.3 Å². The molecule has 0 radical (unpaired) electrons. The fourth-order valence-corrected chi connectivity index (χ4v) is 4.37. The molecular weight excluding hydrogens is 484 g/mol. The van der Waals surface area contributed by atoms with Crippen LogP contribution in [0.2, 0.25) is 5.02 Å². The summed E-state index contributed by atoms with van der Waals surface area (Å²) >= 11 is 11.0. The number of aliphatic imine (C=N–C) groups is 1. The maximum absolute atomic E-state index is 12.4. The summed E-state index contributed by atoms with van der Waals surface area (Å²) in [5, 5.41) is 4.01. The Morgan fingerprint density at radius 2 is 1.80 bits per heavy atom. The predicted molar refractivity (Wildman–Crippen MR) is 128 cm³/mol. The van der Waals surface area contributed by atoms with Gasteiger partial charge in [0.1, 0.15) is 11.5 Å². The molecule has 1 fully saturated rings. The van der Waals surface area contributed by atoms with E-state index in [0.717, 1.165) is 32.4 Å². The van der Waals surface area contributed by atoms with Gasteiger partial charge in [0.25, 0.3) is 5.91 Å². The van der Waals surface area contributed by atoms with Crippen molar-refractivity contribution in [2.24, 2.45) is 4.99 Å². The smallest absolute Gasteiger partial charge is 0.264 e. The van der Waals surface area contributed by atoms with Gasteiger partial charge in [0, 0.05) is 21.1 Å². The molecule has 1 aliphatic rings. The summed E-state index contributed by atoms with van der Waals surface area (Å²) < 4.78 is 7.01. The lowest BCUT2D eigenvalue weighted by Crippen LogP contribution is -2.19. The van der Waals surface area contributed by atoms with Crippen LogP contribution < -0.4 is 5.32 Å². The van der Waals surface area contributed by atoms with Crippen molar-refractivity contribution in [1.29, 1.82) is 0 Å². The molecule has 0 spiro atoms. The Bertz CT molecular complexity index is 1210. The first-order valence-corrected chi connectivity index (χ1v) is 11.2. The lowest BCUT2D eigenvalue weighted by atomic mass is 10.1. The van der Waals surface area contributed by atoms with Crippen LogP contribution in [0.5, 0.6) is 0 Å². The molecule has 0 bridgehead atoms. The number of nitrogens with one attached hydrogen (secondary N) is 1. The number of hydrogen-bond donors (Lipinski definition) is 1. The summed E-state index contributed by atoms with van der Waals surface area (Å²) in [4.78, 5) is 17.5. The summed E-state index contributed by atoms with van der Waals surface area (Å²) in [5.41, 5.74) is 4.99. The van der Waals surface area contributed by atoms with Gasteiger partial charge in [0.05, 0.1) is 10.6 Å². The van der Waals surface area contributed by atoms with E-state index in [1.807, 2.05) is 63.2 Å². The van der Waals surface area contributed by atoms with Crippen molar-refractivity contribution < 1.29 is 9.21 Å². The second kappa shape index (κ2) is 8.46. The zero-order valence-electron chi connectivity index (χ0n) is 16.5. The molecule has 152 valence electrons. The van der Waals surface area contributed by atoms with Crippen molar-refractivity contribution in [3.63, 3.8) is 0 Å². The number of benzene rings is 2. The van der Waals surface area contributed by atoms with Gasteiger partial charge in [-0.15, -0.1) is 0 Å². The minimum atomic E-state index is -0.193. The van der Waals surface area contributed by atoms with Crippen LogP contribution in [-0.4, -0.2) is 11.1 Å². The number of furan rings is 1. The van der Waals surface area contributed by atoms with Gasteiger partial charge in [-0.25, -0.2) is 4.99 Å². The van der Waals surface area contributed by atoms with Gasteiger partial charge in [-0.3, -0.25) is 4.79 Å². The molecule has 0 saturated carbocycles. The summed E-state index contributed by atoms with van der Waals surface area (Å²) in [7, 11) is 0. The highest BCUT2D eigenvalue weighted by Crippen LogP contribution is 2.33. The molecule has 0 aliphatic carbocycles. The van der Waals surface area contributed by atoms with Gasteiger partial charge in [-0.05, 0) is 85.6 Å². The van der Waals surface area contributed by atoms with E-state index < -0.39 is 0 Å². The molecule has 1 N–H and O–H groups in total. The van der Waals surface area contributed by atoms with E-state index in [9.17, 15) is 4.79 Å². The van der Waals surface area contributed by atoms with Gasteiger partial charge in [-0.2, -0.15) is 0 Å². The number of halogens is 2. The molecule has 3 aromatic rings. The molecule has 4 rings (SSSR count). The number of hydrogen-bond acceptors (Lipinski definition) is 4. The Labute approximate surface area is 192 Å². The lowest BCUT2D eigenvalue weighted by Gasteiger charge is -2.04. The molecule has 0 unspecified atom stereocenters. The van der Waals surface area contributed by atoms with Gasteiger partial charge >= 0.3 is 0 Å². The summed E-state index contributed by atoms with van der Waals surface area (Å²) in [6.45, 7) is 6.03. The Morgan fingerprint density at radius 1 is 1.07 bits per heavy atom. The van der Waals surface area contributed by atoms with Crippen LogP contribution >= 0.6 is 39.3 Å². The minimum Gasteiger partial charge on any atom is -0.457 e. The molecule has 1 amide bonds. The van der Waals surface area contributed by atoms with E-state index in [1.165, 1.54) is 11.8 Å². The predicted octanol–water partition coefficient (Wildman–Crippen LogP) is 7.18. The standard InChI is InChI=1S/C23H18BrClN2O2S/c1-12-4-5-15(25)10-18(12)19-7-6-17(29-19)11-20-22(28)27-23(30-20)26-16-8-13(2)21(24)14(3)9-16/h4-11H,1-3H3,(H,26,27,28)/b20-11-. The van der Waals surface area contributed by atoms with Crippen LogP contribution in [0.1, 0.15) is 22.5 Å². The van der Waals surface area contributed by atoms with E-state index in [1.54, 1.807) is 6.08 Å². The van der Waals surface area contributed by atoms with Crippen molar-refractivity contribution >= 4 is 62.1 Å². The molecule has 2 aromatic carbocycles. The van der Waals surface area contributed by atoms with Crippen LogP contribution in [-0.2, 0) is 4.79 Å². The van der Waals surface area contributed by atoms with Crippen molar-refractivity contribution in [1.82, 2.24) is 5.32 Å². The number of aryl methyl sites for hydroxylation is 3. The van der Waals surface area contributed by atoms with E-state index >= 15 is 0 Å². The topological polar surface area (TPSA) is 54.6 Å². The molecular formula is C23H18BrClN2O2S. The second-order valence-corrected chi connectivity index (χ2v) is 9.30. The van der Waals surface area contributed by atoms with Crippen molar-refractivity contribution in [2.45, 2.75) is 20.8 Å². The van der Waals surface area contributed by atoms with E-state index in [4.69, 9.17) is 16.0 Å². The monoisotopic (exact) mass is 500 g/mol. The van der Waals surface area contributed by atoms with E-state index in [2.05, 4.69) is 26.2 Å². The second-order valence-electron chi connectivity index (χ2n) is 7.04. The third-order valence-corrected chi connectivity index (χ3v) is 7.06. The quantitative estimate of drug-likeness (QED) is 0.387. The molecule has 30 heavy (non-hydrogen) atoms. The van der Waals surface area contributed by atoms with Gasteiger partial charge in [-0.1, -0.05) is 33.6 Å². The normalized spacial score (nSPS) is 16.5. The zero-order chi connectivity index (χ0) is 21.4. The highest BCUT2D eigenvalue weighted by atomic mass is 79.9. The maximum atomic E-state index is 12.4. The number of thioether (sulfide) groups is 1. The minimum absolute atomic E-state index is 0.193. The number of carbonyl (C=O) groups is 1. The molecule has 1 saturated heterocycles. The van der Waals surface area contributed by atoms with Crippen LogP contribution in [0.15, 0.2) is 61.3 Å². The summed E-state index contributed by atoms with van der Waals surface area (Å²) in [5.74, 6) is 1.11. The Morgan fingerprint density at radius 3 is 2.53 bits per heavy atom.